The van der Waals surface area contributed by atoms with Crippen LogP contribution >= 0.6 is 0 Å². The Morgan fingerprint density at radius 2 is 1.69 bits per heavy atom. The third-order valence-electron chi connectivity index (χ3n) is 5.09. The van der Waals surface area contributed by atoms with E-state index in [4.69, 9.17) is 9.72 Å². The van der Waals surface area contributed by atoms with Gasteiger partial charge in [0.05, 0.1) is 12.6 Å². The van der Waals surface area contributed by atoms with Gasteiger partial charge in [-0.2, -0.15) is 4.98 Å². The molecule has 29 heavy (non-hydrogen) atoms. The molecule has 0 unspecified atom stereocenters. The van der Waals surface area contributed by atoms with Crippen molar-refractivity contribution in [2.45, 2.75) is 0 Å². The van der Waals surface area contributed by atoms with E-state index in [1.165, 1.54) is 0 Å². The lowest BCUT2D eigenvalue weighted by atomic mass is 10.0. The van der Waals surface area contributed by atoms with Crippen molar-refractivity contribution in [3.8, 4) is 16.9 Å². The summed E-state index contributed by atoms with van der Waals surface area (Å²) in [7, 11) is 3.70. The van der Waals surface area contributed by atoms with Crippen LogP contribution in [0.5, 0.6) is 5.75 Å². The first-order valence-electron chi connectivity index (χ1n) is 9.31. The van der Waals surface area contributed by atoms with E-state index < -0.39 is 0 Å². The van der Waals surface area contributed by atoms with Gasteiger partial charge in [-0.15, -0.1) is 10.2 Å². The van der Waals surface area contributed by atoms with E-state index in [2.05, 4.69) is 57.6 Å². The minimum Gasteiger partial charge on any atom is -0.497 e. The quantitative estimate of drug-likeness (QED) is 0.451. The number of rotatable bonds is 4. The van der Waals surface area contributed by atoms with E-state index in [1.807, 2.05) is 41.8 Å². The Morgan fingerprint density at radius 1 is 0.897 bits per heavy atom. The number of benzene rings is 3. The number of hydrogen-bond donors (Lipinski definition) is 0. The van der Waals surface area contributed by atoms with Crippen molar-refractivity contribution in [2.24, 2.45) is 0 Å². The number of fused-ring (bicyclic) bond motifs is 3. The van der Waals surface area contributed by atoms with E-state index in [0.717, 1.165) is 39.3 Å². The van der Waals surface area contributed by atoms with Crippen LogP contribution in [0.3, 0.4) is 0 Å². The minimum absolute atomic E-state index is 0.578. The molecule has 142 valence electrons. The number of ether oxygens (including phenoxy) is 1. The largest absolute Gasteiger partial charge is 0.497 e. The van der Waals surface area contributed by atoms with Gasteiger partial charge in [-0.3, -0.25) is 4.40 Å². The van der Waals surface area contributed by atoms with Crippen molar-refractivity contribution in [2.75, 3.05) is 19.1 Å². The number of para-hydroxylation sites is 1. The highest BCUT2D eigenvalue weighted by Crippen LogP contribution is 2.32. The zero-order valence-electron chi connectivity index (χ0n) is 16.1. The second-order valence-electron chi connectivity index (χ2n) is 6.79. The fourth-order valence-electron chi connectivity index (χ4n) is 3.58. The van der Waals surface area contributed by atoms with Gasteiger partial charge >= 0.3 is 0 Å². The lowest BCUT2D eigenvalue weighted by Gasteiger charge is -2.21. The molecule has 0 N–H and O–H groups in total. The topological polar surface area (TPSA) is 55.5 Å². The first-order chi connectivity index (χ1) is 14.2. The van der Waals surface area contributed by atoms with Gasteiger partial charge in [0, 0.05) is 18.1 Å². The molecule has 5 rings (SSSR count). The van der Waals surface area contributed by atoms with Crippen LogP contribution in [0, 0.1) is 0 Å². The zero-order valence-corrected chi connectivity index (χ0v) is 16.1. The van der Waals surface area contributed by atoms with Crippen LogP contribution in [0.1, 0.15) is 0 Å². The summed E-state index contributed by atoms with van der Waals surface area (Å²) >= 11 is 0. The molecule has 0 fully saturated rings. The van der Waals surface area contributed by atoms with Gasteiger partial charge in [0.1, 0.15) is 17.9 Å². The van der Waals surface area contributed by atoms with Gasteiger partial charge in [0.2, 0.25) is 0 Å². The monoisotopic (exact) mass is 381 g/mol. The van der Waals surface area contributed by atoms with Crippen molar-refractivity contribution < 1.29 is 4.74 Å². The van der Waals surface area contributed by atoms with E-state index in [0.29, 0.717) is 5.78 Å². The summed E-state index contributed by atoms with van der Waals surface area (Å²) in [5.41, 5.74) is 4.27. The molecule has 0 saturated carbocycles. The predicted octanol–water partition coefficient (Wildman–Crippen LogP) is 4.72. The van der Waals surface area contributed by atoms with Crippen molar-refractivity contribution in [1.29, 1.82) is 0 Å². The van der Waals surface area contributed by atoms with Gasteiger partial charge in [0.25, 0.3) is 5.78 Å². The minimum atomic E-state index is 0.578. The molecular formula is C23H19N5O. The zero-order chi connectivity index (χ0) is 19.8. The van der Waals surface area contributed by atoms with Crippen LogP contribution in [0.4, 0.5) is 11.5 Å². The highest BCUT2D eigenvalue weighted by atomic mass is 16.5. The summed E-state index contributed by atoms with van der Waals surface area (Å²) in [6.07, 6.45) is 1.69. The Hall–Kier alpha value is -3.93. The summed E-state index contributed by atoms with van der Waals surface area (Å²) < 4.78 is 7.27. The Balaban J connectivity index is 1.63. The SMILES string of the molecule is COc1cccc(-c2cccc(N(C)c3nc4nncn4c4ccccc34)c2)c1. The van der Waals surface area contributed by atoms with Gasteiger partial charge in [-0.1, -0.05) is 36.4 Å². The van der Waals surface area contributed by atoms with Crippen molar-refractivity contribution >= 4 is 28.2 Å². The average molecular weight is 381 g/mol. The summed E-state index contributed by atoms with van der Waals surface area (Å²) in [4.78, 5) is 6.85. The summed E-state index contributed by atoms with van der Waals surface area (Å²) in [6.45, 7) is 0. The molecule has 0 radical (unpaired) electrons. The summed E-state index contributed by atoms with van der Waals surface area (Å²) in [6, 6.07) is 24.6. The maximum absolute atomic E-state index is 5.37. The molecule has 0 amide bonds. The highest BCUT2D eigenvalue weighted by molar-refractivity contribution is 5.93. The van der Waals surface area contributed by atoms with Crippen LogP contribution in [0.2, 0.25) is 0 Å². The van der Waals surface area contributed by atoms with Crippen LogP contribution < -0.4 is 9.64 Å². The molecule has 0 aliphatic heterocycles. The molecule has 6 nitrogen and oxygen atoms in total. The van der Waals surface area contributed by atoms with E-state index in [9.17, 15) is 0 Å². The third kappa shape index (κ3) is 2.95. The number of nitrogens with zero attached hydrogens (tertiary/aromatic N) is 5. The standard InChI is InChI=1S/C23H19N5O/c1-27(18-9-5-7-16(13-18)17-8-6-10-19(14-17)29-2)22-20-11-3-4-12-21(20)28-15-24-26-23(28)25-22/h3-15H,1-2H3. The predicted molar refractivity (Wildman–Crippen MR) is 115 cm³/mol. The summed E-state index contributed by atoms with van der Waals surface area (Å²) in [5, 5.41) is 9.20. The van der Waals surface area contributed by atoms with Gasteiger partial charge < -0.3 is 9.64 Å². The number of hydrogen-bond acceptors (Lipinski definition) is 5. The Morgan fingerprint density at radius 3 is 2.55 bits per heavy atom. The highest BCUT2D eigenvalue weighted by Gasteiger charge is 2.14. The van der Waals surface area contributed by atoms with Crippen LogP contribution in [-0.2, 0) is 0 Å². The van der Waals surface area contributed by atoms with Gasteiger partial charge in [0.15, 0.2) is 0 Å². The van der Waals surface area contributed by atoms with Crippen LogP contribution in [0.15, 0.2) is 79.1 Å². The third-order valence-corrected chi connectivity index (χ3v) is 5.09. The molecule has 0 atom stereocenters. The van der Waals surface area contributed by atoms with E-state index in [1.54, 1.807) is 13.4 Å². The molecule has 0 aliphatic carbocycles. The van der Waals surface area contributed by atoms with Crippen LogP contribution in [0.25, 0.3) is 27.8 Å². The average Bonchev–Trinajstić information content (AvgIpc) is 3.27. The normalized spacial score (nSPS) is 11.1. The molecule has 5 aromatic rings. The maximum atomic E-state index is 5.37. The van der Waals surface area contributed by atoms with Crippen molar-refractivity contribution in [1.82, 2.24) is 19.6 Å². The van der Waals surface area contributed by atoms with Crippen LogP contribution in [-0.4, -0.2) is 33.7 Å². The molecule has 0 saturated heterocycles. The van der Waals surface area contributed by atoms with E-state index >= 15 is 0 Å². The lowest BCUT2D eigenvalue weighted by Crippen LogP contribution is -2.13. The number of methoxy groups -OCH3 is 1. The maximum Gasteiger partial charge on any atom is 0.257 e. The second kappa shape index (κ2) is 6.91. The van der Waals surface area contributed by atoms with Gasteiger partial charge in [-0.05, 0) is 47.5 Å². The number of anilines is 2. The molecule has 0 aliphatic rings. The Bertz CT molecular complexity index is 1330. The molecule has 2 aromatic heterocycles. The molecular weight excluding hydrogens is 362 g/mol. The Labute approximate surface area is 168 Å². The van der Waals surface area contributed by atoms with Gasteiger partial charge in [-0.25, -0.2) is 0 Å². The van der Waals surface area contributed by atoms with E-state index in [-0.39, 0.29) is 0 Å². The smallest absolute Gasteiger partial charge is 0.257 e. The second-order valence-corrected chi connectivity index (χ2v) is 6.79. The lowest BCUT2D eigenvalue weighted by molar-refractivity contribution is 0.415. The van der Waals surface area contributed by atoms with Crippen molar-refractivity contribution in [3.63, 3.8) is 0 Å². The fraction of sp³-hybridized carbons (Fsp3) is 0.0870. The molecule has 6 heteroatoms. The Kier molecular flexibility index (Phi) is 4.09. The first-order valence-corrected chi connectivity index (χ1v) is 9.31. The fourth-order valence-corrected chi connectivity index (χ4v) is 3.58. The molecule has 0 bridgehead atoms. The molecule has 3 aromatic carbocycles. The molecule has 0 spiro atoms. The summed E-state index contributed by atoms with van der Waals surface area (Å²) in [5.74, 6) is 2.25. The molecule has 2 heterocycles. The first kappa shape index (κ1) is 17.2. The number of aromatic nitrogens is 4. The van der Waals surface area contributed by atoms with Crippen molar-refractivity contribution in [3.05, 3.63) is 79.1 Å².